The molecule has 5 heteroatoms. The van der Waals surface area contributed by atoms with Crippen LogP contribution in [0, 0.1) is 0 Å². The number of halogens is 2. The summed E-state index contributed by atoms with van der Waals surface area (Å²) in [5.74, 6) is -2.73. The Morgan fingerprint density at radius 3 is 2.56 bits per heavy atom. The van der Waals surface area contributed by atoms with E-state index in [-0.39, 0.29) is 25.8 Å². The number of hydrogen-bond donors (Lipinski definition) is 1. The Bertz CT molecular complexity index is 422. The molecule has 1 aliphatic rings. The molecule has 2 rings (SSSR count). The van der Waals surface area contributed by atoms with Gasteiger partial charge in [0.15, 0.2) is 0 Å². The van der Waals surface area contributed by atoms with E-state index in [1.807, 2.05) is 6.07 Å². The highest BCUT2D eigenvalue weighted by Gasteiger charge is 2.43. The lowest BCUT2D eigenvalue weighted by Gasteiger charge is -2.26. The fourth-order valence-electron chi connectivity index (χ4n) is 2.33. The number of carbonyl (C=O) groups is 1. The van der Waals surface area contributed by atoms with Gasteiger partial charge in [-0.3, -0.25) is 0 Å². The zero-order valence-electron chi connectivity index (χ0n) is 9.85. The lowest BCUT2D eigenvalue weighted by atomic mass is 10.1. The normalized spacial score (nSPS) is 21.8. The van der Waals surface area contributed by atoms with Crippen LogP contribution in [0.25, 0.3) is 0 Å². The summed E-state index contributed by atoms with van der Waals surface area (Å²) >= 11 is 0. The molecule has 1 amide bonds. The smallest absolute Gasteiger partial charge is 0.407 e. The quantitative estimate of drug-likeness (QED) is 0.899. The fourth-order valence-corrected chi connectivity index (χ4v) is 2.33. The minimum absolute atomic E-state index is 0.164. The van der Waals surface area contributed by atoms with Gasteiger partial charge in [0.1, 0.15) is 0 Å². The molecule has 0 aromatic heterocycles. The van der Waals surface area contributed by atoms with Crippen molar-refractivity contribution in [1.82, 2.24) is 4.90 Å². The van der Waals surface area contributed by atoms with Gasteiger partial charge in [-0.25, -0.2) is 13.6 Å². The molecule has 1 fully saturated rings. The third kappa shape index (κ3) is 2.97. The summed E-state index contributed by atoms with van der Waals surface area (Å²) in [4.78, 5) is 12.3. The van der Waals surface area contributed by atoms with E-state index in [0.717, 1.165) is 10.5 Å². The maximum Gasteiger partial charge on any atom is 0.407 e. The van der Waals surface area contributed by atoms with E-state index < -0.39 is 18.1 Å². The molecule has 1 atom stereocenters. The average molecular weight is 255 g/mol. The predicted octanol–water partition coefficient (Wildman–Crippen LogP) is 3.35. The van der Waals surface area contributed by atoms with Gasteiger partial charge < -0.3 is 10.0 Å². The van der Waals surface area contributed by atoms with Crippen molar-refractivity contribution in [3.05, 3.63) is 35.9 Å². The number of hydrogen-bond acceptors (Lipinski definition) is 1. The van der Waals surface area contributed by atoms with E-state index >= 15 is 0 Å². The first-order chi connectivity index (χ1) is 8.48. The predicted molar refractivity (Wildman–Crippen MR) is 62.6 cm³/mol. The minimum Gasteiger partial charge on any atom is -0.465 e. The van der Waals surface area contributed by atoms with E-state index in [2.05, 4.69) is 0 Å². The Balaban J connectivity index is 2.08. The third-order valence-corrected chi connectivity index (χ3v) is 3.26. The molecular formula is C13H15F2NO2. The molecule has 0 saturated heterocycles. The molecule has 1 N–H and O–H groups in total. The Morgan fingerprint density at radius 1 is 1.39 bits per heavy atom. The van der Waals surface area contributed by atoms with E-state index in [4.69, 9.17) is 5.11 Å². The summed E-state index contributed by atoms with van der Waals surface area (Å²) in [6.45, 7) is 0.164. The van der Waals surface area contributed by atoms with Crippen molar-refractivity contribution < 1.29 is 18.7 Å². The number of nitrogens with zero attached hydrogens (tertiary/aromatic N) is 1. The first-order valence-corrected chi connectivity index (χ1v) is 5.89. The maximum atomic E-state index is 13.1. The second-order valence-corrected chi connectivity index (χ2v) is 4.65. The van der Waals surface area contributed by atoms with Gasteiger partial charge in [-0.1, -0.05) is 30.3 Å². The SMILES string of the molecule is O=C(O)N(Cc1ccccc1)C1CCC(F)(F)C1. The lowest BCUT2D eigenvalue weighted by molar-refractivity contribution is 0.00130. The zero-order chi connectivity index (χ0) is 13.2. The van der Waals surface area contributed by atoms with Crippen molar-refractivity contribution >= 4 is 6.09 Å². The summed E-state index contributed by atoms with van der Waals surface area (Å²) in [7, 11) is 0. The van der Waals surface area contributed by atoms with Crippen LogP contribution < -0.4 is 0 Å². The van der Waals surface area contributed by atoms with Gasteiger partial charge >= 0.3 is 6.09 Å². The highest BCUT2D eigenvalue weighted by Crippen LogP contribution is 2.37. The lowest BCUT2D eigenvalue weighted by Crippen LogP contribution is -2.38. The molecule has 1 saturated carbocycles. The van der Waals surface area contributed by atoms with Gasteiger partial charge in [-0.2, -0.15) is 0 Å². The number of amides is 1. The van der Waals surface area contributed by atoms with Crippen LogP contribution in [-0.4, -0.2) is 28.1 Å². The molecule has 1 unspecified atom stereocenters. The summed E-state index contributed by atoms with van der Waals surface area (Å²) in [5, 5.41) is 9.15. The Labute approximate surface area is 104 Å². The number of benzene rings is 1. The monoisotopic (exact) mass is 255 g/mol. The Kier molecular flexibility index (Phi) is 3.50. The number of carboxylic acid groups (broad SMARTS) is 1. The van der Waals surface area contributed by atoms with Crippen LogP contribution in [0.1, 0.15) is 24.8 Å². The molecule has 0 bridgehead atoms. The summed E-state index contributed by atoms with van der Waals surface area (Å²) < 4.78 is 26.3. The molecule has 0 radical (unpaired) electrons. The molecule has 3 nitrogen and oxygen atoms in total. The summed E-state index contributed by atoms with van der Waals surface area (Å²) in [6.07, 6.45) is -1.50. The van der Waals surface area contributed by atoms with Crippen molar-refractivity contribution in [2.24, 2.45) is 0 Å². The molecule has 0 heterocycles. The second-order valence-electron chi connectivity index (χ2n) is 4.65. The molecule has 0 aliphatic heterocycles. The van der Waals surface area contributed by atoms with Crippen molar-refractivity contribution in [3.8, 4) is 0 Å². The van der Waals surface area contributed by atoms with Crippen LogP contribution in [0.2, 0.25) is 0 Å². The molecule has 1 aromatic rings. The number of rotatable bonds is 3. The molecule has 98 valence electrons. The maximum absolute atomic E-state index is 13.1. The highest BCUT2D eigenvalue weighted by atomic mass is 19.3. The molecule has 18 heavy (non-hydrogen) atoms. The van der Waals surface area contributed by atoms with Gasteiger partial charge in [0, 0.05) is 25.4 Å². The van der Waals surface area contributed by atoms with Crippen molar-refractivity contribution in [2.75, 3.05) is 0 Å². The highest BCUT2D eigenvalue weighted by molar-refractivity contribution is 5.65. The van der Waals surface area contributed by atoms with Crippen molar-refractivity contribution in [2.45, 2.75) is 37.8 Å². The first-order valence-electron chi connectivity index (χ1n) is 5.89. The standard InChI is InChI=1S/C13H15F2NO2/c14-13(15)7-6-11(8-13)16(12(17)18)9-10-4-2-1-3-5-10/h1-5,11H,6-9H2,(H,17,18). The van der Waals surface area contributed by atoms with E-state index in [1.54, 1.807) is 24.3 Å². The van der Waals surface area contributed by atoms with Crippen molar-refractivity contribution in [3.63, 3.8) is 0 Å². The van der Waals surface area contributed by atoms with Gasteiger partial charge in [-0.05, 0) is 12.0 Å². The largest absolute Gasteiger partial charge is 0.465 e. The van der Waals surface area contributed by atoms with Gasteiger partial charge in [-0.15, -0.1) is 0 Å². The fraction of sp³-hybridized carbons (Fsp3) is 0.462. The minimum atomic E-state index is -2.73. The van der Waals surface area contributed by atoms with Crippen LogP contribution in [0.3, 0.4) is 0 Å². The van der Waals surface area contributed by atoms with E-state index in [9.17, 15) is 13.6 Å². The Hall–Kier alpha value is -1.65. The van der Waals surface area contributed by atoms with Gasteiger partial charge in [0.05, 0.1) is 0 Å². The van der Waals surface area contributed by atoms with E-state index in [1.165, 1.54) is 0 Å². The van der Waals surface area contributed by atoms with Crippen LogP contribution in [0.5, 0.6) is 0 Å². The average Bonchev–Trinajstić information content (AvgIpc) is 2.67. The van der Waals surface area contributed by atoms with Crippen LogP contribution >= 0.6 is 0 Å². The second kappa shape index (κ2) is 4.92. The topological polar surface area (TPSA) is 40.5 Å². The summed E-state index contributed by atoms with van der Waals surface area (Å²) in [5.41, 5.74) is 0.815. The Morgan fingerprint density at radius 2 is 2.06 bits per heavy atom. The van der Waals surface area contributed by atoms with Crippen LogP contribution in [0.15, 0.2) is 30.3 Å². The summed E-state index contributed by atoms with van der Waals surface area (Å²) in [6, 6.07) is 8.44. The number of alkyl halides is 2. The molecule has 1 aromatic carbocycles. The molecule has 0 spiro atoms. The van der Waals surface area contributed by atoms with Gasteiger partial charge in [0.2, 0.25) is 5.92 Å². The molecule has 1 aliphatic carbocycles. The van der Waals surface area contributed by atoms with Crippen molar-refractivity contribution in [1.29, 1.82) is 0 Å². The van der Waals surface area contributed by atoms with Crippen LogP contribution in [-0.2, 0) is 6.54 Å². The zero-order valence-corrected chi connectivity index (χ0v) is 9.85. The van der Waals surface area contributed by atoms with Gasteiger partial charge in [0.25, 0.3) is 0 Å². The van der Waals surface area contributed by atoms with Crippen LogP contribution in [0.4, 0.5) is 13.6 Å². The first kappa shape index (κ1) is 12.8. The molecular weight excluding hydrogens is 240 g/mol. The third-order valence-electron chi connectivity index (χ3n) is 3.26. The van der Waals surface area contributed by atoms with E-state index in [0.29, 0.717) is 0 Å².